The molecule has 0 atom stereocenters. The van der Waals surface area contributed by atoms with Gasteiger partial charge in [-0.25, -0.2) is 13.1 Å². The van der Waals surface area contributed by atoms with Crippen molar-refractivity contribution in [3.8, 4) is 11.5 Å². The summed E-state index contributed by atoms with van der Waals surface area (Å²) in [4.78, 5) is 12.3. The molecule has 0 radical (unpaired) electrons. The molecule has 0 aliphatic heterocycles. The second-order valence-electron chi connectivity index (χ2n) is 5.41. The van der Waals surface area contributed by atoms with E-state index in [4.69, 9.17) is 21.1 Å². The number of nitrogens with one attached hydrogen (secondary N) is 2. The van der Waals surface area contributed by atoms with Gasteiger partial charge in [-0.2, -0.15) is 0 Å². The van der Waals surface area contributed by atoms with Crippen LogP contribution in [-0.4, -0.2) is 41.1 Å². The highest BCUT2D eigenvalue weighted by atomic mass is 35.5. The Bertz CT molecular complexity index is 902. The van der Waals surface area contributed by atoms with E-state index in [2.05, 4.69) is 10.0 Å². The van der Waals surface area contributed by atoms with Crippen molar-refractivity contribution in [1.82, 2.24) is 10.0 Å². The van der Waals surface area contributed by atoms with Crippen LogP contribution in [0.5, 0.6) is 11.5 Å². The molecular weight excluding hydrogens is 392 g/mol. The molecule has 0 bridgehead atoms. The average molecular weight is 413 g/mol. The molecule has 0 saturated heterocycles. The smallest absolute Gasteiger partial charge is 0.251 e. The summed E-state index contributed by atoms with van der Waals surface area (Å²) >= 11 is 5.81. The van der Waals surface area contributed by atoms with Crippen LogP contribution in [0, 0.1) is 0 Å². The Hall–Kier alpha value is -2.29. The van der Waals surface area contributed by atoms with Gasteiger partial charge in [-0.1, -0.05) is 17.7 Å². The van der Waals surface area contributed by atoms with E-state index in [1.54, 1.807) is 30.3 Å². The number of amides is 1. The third-order valence-electron chi connectivity index (χ3n) is 3.53. The van der Waals surface area contributed by atoms with Gasteiger partial charge in [-0.3, -0.25) is 4.79 Å². The van der Waals surface area contributed by atoms with Crippen molar-refractivity contribution in [3.05, 3.63) is 53.1 Å². The fourth-order valence-corrected chi connectivity index (χ4v) is 3.60. The van der Waals surface area contributed by atoms with E-state index < -0.39 is 10.0 Å². The molecule has 0 unspecified atom stereocenters. The van der Waals surface area contributed by atoms with Gasteiger partial charge >= 0.3 is 0 Å². The van der Waals surface area contributed by atoms with E-state index in [-0.39, 0.29) is 23.9 Å². The van der Waals surface area contributed by atoms with Gasteiger partial charge in [0.1, 0.15) is 0 Å². The lowest BCUT2D eigenvalue weighted by Crippen LogP contribution is -2.34. The molecule has 0 spiro atoms. The monoisotopic (exact) mass is 412 g/mol. The summed E-state index contributed by atoms with van der Waals surface area (Å²) in [5.74, 6) is 0.651. The van der Waals surface area contributed by atoms with Gasteiger partial charge in [0.2, 0.25) is 10.0 Å². The third kappa shape index (κ3) is 5.85. The number of carbonyl (C=O) groups excluding carboxylic acids is 1. The zero-order valence-electron chi connectivity index (χ0n) is 15.0. The molecule has 2 aromatic carbocycles. The van der Waals surface area contributed by atoms with E-state index in [0.717, 1.165) is 0 Å². The lowest BCUT2D eigenvalue weighted by atomic mass is 10.2. The standard InChI is InChI=1S/C18H21ClN2O5S/c1-3-26-17-11-13(7-8-16(17)25-2)18(22)20-9-10-21-27(23,24)15-6-4-5-14(19)12-15/h4-8,11-12,21H,3,9-10H2,1-2H3,(H,20,22). The Labute approximate surface area is 163 Å². The molecule has 2 aromatic rings. The quantitative estimate of drug-likeness (QED) is 0.617. The maximum atomic E-state index is 12.2. The van der Waals surface area contributed by atoms with E-state index >= 15 is 0 Å². The van der Waals surface area contributed by atoms with Crippen LogP contribution < -0.4 is 19.5 Å². The molecule has 2 rings (SSSR count). The van der Waals surface area contributed by atoms with Crippen molar-refractivity contribution in [2.24, 2.45) is 0 Å². The number of carbonyl (C=O) groups is 1. The number of hydrogen-bond donors (Lipinski definition) is 2. The van der Waals surface area contributed by atoms with Gasteiger partial charge in [-0.05, 0) is 43.3 Å². The average Bonchev–Trinajstić information content (AvgIpc) is 2.65. The van der Waals surface area contributed by atoms with Gasteiger partial charge < -0.3 is 14.8 Å². The summed E-state index contributed by atoms with van der Waals surface area (Å²) in [7, 11) is -2.17. The third-order valence-corrected chi connectivity index (χ3v) is 5.23. The molecule has 0 aliphatic rings. The molecule has 1 amide bonds. The lowest BCUT2D eigenvalue weighted by molar-refractivity contribution is 0.0954. The van der Waals surface area contributed by atoms with Gasteiger partial charge in [0.15, 0.2) is 11.5 Å². The minimum Gasteiger partial charge on any atom is -0.493 e. The zero-order valence-corrected chi connectivity index (χ0v) is 16.6. The topological polar surface area (TPSA) is 93.7 Å². The summed E-state index contributed by atoms with van der Waals surface area (Å²) in [6, 6.07) is 10.8. The second-order valence-corrected chi connectivity index (χ2v) is 7.61. The maximum Gasteiger partial charge on any atom is 0.251 e. The van der Waals surface area contributed by atoms with Crippen molar-refractivity contribution in [2.45, 2.75) is 11.8 Å². The van der Waals surface area contributed by atoms with Crippen LogP contribution in [0.15, 0.2) is 47.4 Å². The highest BCUT2D eigenvalue weighted by Gasteiger charge is 2.14. The van der Waals surface area contributed by atoms with Crippen molar-refractivity contribution < 1.29 is 22.7 Å². The number of sulfonamides is 1. The zero-order chi connectivity index (χ0) is 19.9. The van der Waals surface area contributed by atoms with E-state index in [1.807, 2.05) is 6.92 Å². The van der Waals surface area contributed by atoms with Crippen LogP contribution in [0.2, 0.25) is 5.02 Å². The number of ether oxygens (including phenoxy) is 2. The Morgan fingerprint density at radius 2 is 1.89 bits per heavy atom. The number of methoxy groups -OCH3 is 1. The summed E-state index contributed by atoms with van der Waals surface area (Å²) in [5, 5.41) is 2.98. The summed E-state index contributed by atoms with van der Waals surface area (Å²) in [6.45, 7) is 2.43. The second kappa shape index (κ2) is 9.59. The largest absolute Gasteiger partial charge is 0.493 e. The molecule has 9 heteroatoms. The summed E-state index contributed by atoms with van der Waals surface area (Å²) in [5.41, 5.74) is 0.386. The normalized spacial score (nSPS) is 11.1. The number of halogens is 1. The first-order valence-electron chi connectivity index (χ1n) is 8.21. The fraction of sp³-hybridized carbons (Fsp3) is 0.278. The predicted octanol–water partition coefficient (Wildman–Crippen LogP) is 2.46. The molecular formula is C18H21ClN2O5S. The molecule has 0 fully saturated rings. The minimum absolute atomic E-state index is 0.0368. The van der Waals surface area contributed by atoms with Gasteiger partial charge in [0, 0.05) is 23.7 Å². The minimum atomic E-state index is -3.69. The maximum absolute atomic E-state index is 12.2. The molecule has 0 aromatic heterocycles. The highest BCUT2D eigenvalue weighted by molar-refractivity contribution is 7.89. The molecule has 2 N–H and O–H groups in total. The Morgan fingerprint density at radius 3 is 2.56 bits per heavy atom. The van der Waals surface area contributed by atoms with Gasteiger partial charge in [0.25, 0.3) is 5.91 Å². The van der Waals surface area contributed by atoms with Gasteiger partial charge in [0.05, 0.1) is 18.6 Å². The molecule has 27 heavy (non-hydrogen) atoms. The van der Waals surface area contributed by atoms with Crippen LogP contribution in [0.1, 0.15) is 17.3 Å². The number of rotatable bonds is 9. The van der Waals surface area contributed by atoms with Crippen molar-refractivity contribution in [2.75, 3.05) is 26.8 Å². The Morgan fingerprint density at radius 1 is 1.11 bits per heavy atom. The first kappa shape index (κ1) is 21.0. The summed E-state index contributed by atoms with van der Waals surface area (Å²) < 4.78 is 37.4. The SMILES string of the molecule is CCOc1cc(C(=O)NCCNS(=O)(=O)c2cccc(Cl)c2)ccc1OC. The van der Waals surface area contributed by atoms with E-state index in [9.17, 15) is 13.2 Å². The van der Waals surface area contributed by atoms with Crippen LogP contribution in [0.4, 0.5) is 0 Å². The van der Waals surface area contributed by atoms with E-state index in [1.165, 1.54) is 19.2 Å². The summed E-state index contributed by atoms with van der Waals surface area (Å²) in [6.07, 6.45) is 0. The first-order chi connectivity index (χ1) is 12.9. The van der Waals surface area contributed by atoms with Crippen molar-refractivity contribution >= 4 is 27.5 Å². The molecule has 146 valence electrons. The van der Waals surface area contributed by atoms with Crippen LogP contribution in [-0.2, 0) is 10.0 Å². The van der Waals surface area contributed by atoms with Crippen molar-refractivity contribution in [1.29, 1.82) is 0 Å². The Kier molecular flexibility index (Phi) is 7.46. The fourth-order valence-electron chi connectivity index (χ4n) is 2.27. The lowest BCUT2D eigenvalue weighted by Gasteiger charge is -2.11. The van der Waals surface area contributed by atoms with Crippen LogP contribution in [0.3, 0.4) is 0 Å². The van der Waals surface area contributed by atoms with E-state index in [0.29, 0.717) is 28.7 Å². The number of benzene rings is 2. The van der Waals surface area contributed by atoms with Crippen LogP contribution >= 0.6 is 11.6 Å². The van der Waals surface area contributed by atoms with Crippen molar-refractivity contribution in [3.63, 3.8) is 0 Å². The highest BCUT2D eigenvalue weighted by Crippen LogP contribution is 2.27. The van der Waals surface area contributed by atoms with Gasteiger partial charge in [-0.15, -0.1) is 0 Å². The first-order valence-corrected chi connectivity index (χ1v) is 10.1. The molecule has 7 nitrogen and oxygen atoms in total. The Balaban J connectivity index is 1.92. The molecule has 0 heterocycles. The molecule has 0 saturated carbocycles. The number of hydrogen-bond acceptors (Lipinski definition) is 5. The molecule has 0 aliphatic carbocycles. The van der Waals surface area contributed by atoms with Crippen LogP contribution in [0.25, 0.3) is 0 Å². The predicted molar refractivity (Wildman–Crippen MR) is 103 cm³/mol.